The summed E-state index contributed by atoms with van der Waals surface area (Å²) in [6.07, 6.45) is 2.02. The Labute approximate surface area is 192 Å². The van der Waals surface area contributed by atoms with Gasteiger partial charge in [0, 0.05) is 38.3 Å². The van der Waals surface area contributed by atoms with E-state index in [1.54, 1.807) is 19.2 Å². The molecule has 1 amide bonds. The molecule has 2 aromatic rings. The Morgan fingerprint density at radius 3 is 2.53 bits per heavy atom. The van der Waals surface area contributed by atoms with Gasteiger partial charge in [-0.1, -0.05) is 23.8 Å². The molecule has 1 fully saturated rings. The van der Waals surface area contributed by atoms with E-state index in [1.807, 2.05) is 25.1 Å². The van der Waals surface area contributed by atoms with Crippen molar-refractivity contribution in [2.45, 2.75) is 39.3 Å². The van der Waals surface area contributed by atoms with Gasteiger partial charge >= 0.3 is 0 Å². The summed E-state index contributed by atoms with van der Waals surface area (Å²) in [6.45, 7) is 8.69. The first-order valence-corrected chi connectivity index (χ1v) is 11.4. The molecular formula is C26H37N3O3. The Morgan fingerprint density at radius 1 is 1.09 bits per heavy atom. The van der Waals surface area contributed by atoms with Crippen LogP contribution in [0.5, 0.6) is 11.5 Å². The molecule has 2 aromatic carbocycles. The van der Waals surface area contributed by atoms with Crippen molar-refractivity contribution < 1.29 is 14.3 Å². The van der Waals surface area contributed by atoms with Crippen LogP contribution < -0.4 is 14.8 Å². The van der Waals surface area contributed by atoms with Gasteiger partial charge in [0.05, 0.1) is 7.11 Å². The number of hydrogen-bond donors (Lipinski definition) is 1. The zero-order valence-corrected chi connectivity index (χ0v) is 20.1. The van der Waals surface area contributed by atoms with E-state index in [9.17, 15) is 4.79 Å². The molecule has 0 saturated carbocycles. The summed E-state index contributed by atoms with van der Waals surface area (Å²) in [5.74, 6) is 1.20. The molecule has 1 heterocycles. The molecule has 174 valence electrons. The fraction of sp³-hybridized carbons (Fsp3) is 0.500. The van der Waals surface area contributed by atoms with Gasteiger partial charge in [0.25, 0.3) is 5.91 Å². The third-order valence-corrected chi connectivity index (χ3v) is 6.00. The van der Waals surface area contributed by atoms with Gasteiger partial charge in [-0.3, -0.25) is 9.69 Å². The SMILES string of the molecule is COc1ccc(C(=O)NCCN(C)C)cc1OC1CCN(Cc2cc(C)ccc2C)CC1. The zero-order chi connectivity index (χ0) is 23.1. The molecule has 0 unspecified atom stereocenters. The average Bonchev–Trinajstić information content (AvgIpc) is 2.77. The van der Waals surface area contributed by atoms with Crippen molar-refractivity contribution in [1.29, 1.82) is 0 Å². The molecular weight excluding hydrogens is 402 g/mol. The van der Waals surface area contributed by atoms with Crippen molar-refractivity contribution in [1.82, 2.24) is 15.1 Å². The Kier molecular flexibility index (Phi) is 8.53. The normalized spacial score (nSPS) is 15.1. The maximum Gasteiger partial charge on any atom is 0.251 e. The number of carbonyl (C=O) groups is 1. The summed E-state index contributed by atoms with van der Waals surface area (Å²) < 4.78 is 11.8. The minimum Gasteiger partial charge on any atom is -0.493 e. The summed E-state index contributed by atoms with van der Waals surface area (Å²) >= 11 is 0. The smallest absolute Gasteiger partial charge is 0.251 e. The molecule has 6 nitrogen and oxygen atoms in total. The number of hydrogen-bond acceptors (Lipinski definition) is 5. The summed E-state index contributed by atoms with van der Waals surface area (Å²) in [5, 5.41) is 2.95. The number of aryl methyl sites for hydroxylation is 2. The standard InChI is InChI=1S/C26H37N3O3/c1-19-6-7-20(2)22(16-19)18-29-13-10-23(11-14-29)32-25-17-21(8-9-24(25)31-5)26(30)27-12-15-28(3)4/h6-9,16-17,23H,10-15,18H2,1-5H3,(H,27,30). The first-order valence-electron chi connectivity index (χ1n) is 11.4. The molecule has 32 heavy (non-hydrogen) atoms. The average molecular weight is 440 g/mol. The molecule has 0 bridgehead atoms. The molecule has 0 radical (unpaired) electrons. The van der Waals surface area contributed by atoms with Crippen LogP contribution in [-0.4, -0.2) is 69.2 Å². The minimum atomic E-state index is -0.0947. The monoisotopic (exact) mass is 439 g/mol. The van der Waals surface area contributed by atoms with Crippen LogP contribution in [0.4, 0.5) is 0 Å². The van der Waals surface area contributed by atoms with Gasteiger partial charge in [-0.25, -0.2) is 0 Å². The summed E-state index contributed by atoms with van der Waals surface area (Å²) in [5.41, 5.74) is 4.65. The Hall–Kier alpha value is -2.57. The maximum atomic E-state index is 12.5. The Morgan fingerprint density at radius 2 is 1.84 bits per heavy atom. The number of piperidine rings is 1. The van der Waals surface area contributed by atoms with Crippen LogP contribution in [0.3, 0.4) is 0 Å². The predicted octanol–water partition coefficient (Wildman–Crippen LogP) is 3.65. The highest BCUT2D eigenvalue weighted by molar-refractivity contribution is 5.94. The molecule has 6 heteroatoms. The fourth-order valence-electron chi connectivity index (χ4n) is 3.98. The lowest BCUT2D eigenvalue weighted by Gasteiger charge is -2.32. The molecule has 0 spiro atoms. The van der Waals surface area contributed by atoms with Gasteiger partial charge in [-0.2, -0.15) is 0 Å². The lowest BCUT2D eigenvalue weighted by molar-refractivity contribution is 0.0922. The zero-order valence-electron chi connectivity index (χ0n) is 20.1. The van der Waals surface area contributed by atoms with E-state index >= 15 is 0 Å². The van der Waals surface area contributed by atoms with Gasteiger partial charge in [-0.05, 0) is 70.1 Å². The topological polar surface area (TPSA) is 54.0 Å². The van der Waals surface area contributed by atoms with Crippen molar-refractivity contribution in [3.63, 3.8) is 0 Å². The second-order valence-corrected chi connectivity index (χ2v) is 8.95. The highest BCUT2D eigenvalue weighted by atomic mass is 16.5. The highest BCUT2D eigenvalue weighted by Gasteiger charge is 2.23. The van der Waals surface area contributed by atoms with Gasteiger partial charge < -0.3 is 19.7 Å². The van der Waals surface area contributed by atoms with Crippen LogP contribution in [0.2, 0.25) is 0 Å². The quantitative estimate of drug-likeness (QED) is 0.646. The number of carbonyl (C=O) groups excluding carboxylic acids is 1. The first-order chi connectivity index (χ1) is 15.4. The molecule has 0 aromatic heterocycles. The van der Waals surface area contributed by atoms with Gasteiger partial charge in [0.15, 0.2) is 11.5 Å². The van der Waals surface area contributed by atoms with Crippen LogP contribution >= 0.6 is 0 Å². The van der Waals surface area contributed by atoms with Crippen LogP contribution in [-0.2, 0) is 6.54 Å². The van der Waals surface area contributed by atoms with Crippen molar-refractivity contribution in [2.75, 3.05) is 47.4 Å². The Bertz CT molecular complexity index is 905. The molecule has 0 atom stereocenters. The molecule has 1 saturated heterocycles. The number of likely N-dealkylation sites (tertiary alicyclic amines) is 1. The van der Waals surface area contributed by atoms with E-state index in [0.717, 1.165) is 39.0 Å². The third-order valence-electron chi connectivity index (χ3n) is 6.00. The van der Waals surface area contributed by atoms with Gasteiger partial charge in [0.2, 0.25) is 0 Å². The van der Waals surface area contributed by atoms with Crippen LogP contribution in [0.25, 0.3) is 0 Å². The highest BCUT2D eigenvalue weighted by Crippen LogP contribution is 2.31. The minimum absolute atomic E-state index is 0.0947. The second-order valence-electron chi connectivity index (χ2n) is 8.95. The van der Waals surface area contributed by atoms with Crippen molar-refractivity contribution in [3.05, 3.63) is 58.7 Å². The number of likely N-dealkylation sites (N-methyl/N-ethyl adjacent to an activating group) is 1. The van der Waals surface area contributed by atoms with E-state index in [4.69, 9.17) is 9.47 Å². The second kappa shape index (κ2) is 11.3. The first kappa shape index (κ1) is 24.1. The van der Waals surface area contributed by atoms with Gasteiger partial charge in [-0.15, -0.1) is 0 Å². The number of benzene rings is 2. The Balaban J connectivity index is 1.57. The summed E-state index contributed by atoms with van der Waals surface area (Å²) in [7, 11) is 5.60. The number of methoxy groups -OCH3 is 1. The lowest BCUT2D eigenvalue weighted by atomic mass is 10.0. The van der Waals surface area contributed by atoms with Crippen molar-refractivity contribution in [3.8, 4) is 11.5 Å². The van der Waals surface area contributed by atoms with E-state index in [-0.39, 0.29) is 12.0 Å². The number of amides is 1. The number of ether oxygens (including phenoxy) is 2. The fourth-order valence-corrected chi connectivity index (χ4v) is 3.98. The number of nitrogens with zero attached hydrogens (tertiary/aromatic N) is 2. The predicted molar refractivity (Wildman–Crippen MR) is 129 cm³/mol. The van der Waals surface area contributed by atoms with Crippen LogP contribution in [0.1, 0.15) is 39.9 Å². The number of rotatable bonds is 9. The summed E-state index contributed by atoms with van der Waals surface area (Å²) in [6, 6.07) is 12.1. The lowest BCUT2D eigenvalue weighted by Crippen LogP contribution is -2.38. The van der Waals surface area contributed by atoms with E-state index < -0.39 is 0 Å². The molecule has 1 aliphatic heterocycles. The van der Waals surface area contributed by atoms with Crippen molar-refractivity contribution in [2.24, 2.45) is 0 Å². The molecule has 1 aliphatic rings. The largest absolute Gasteiger partial charge is 0.493 e. The summed E-state index contributed by atoms with van der Waals surface area (Å²) in [4.78, 5) is 17.0. The number of nitrogens with one attached hydrogen (secondary N) is 1. The van der Waals surface area contributed by atoms with E-state index in [0.29, 0.717) is 23.6 Å². The van der Waals surface area contributed by atoms with Crippen LogP contribution in [0.15, 0.2) is 36.4 Å². The van der Waals surface area contributed by atoms with E-state index in [1.165, 1.54) is 16.7 Å². The molecule has 3 rings (SSSR count). The molecule has 1 N–H and O–H groups in total. The molecule has 0 aliphatic carbocycles. The third kappa shape index (κ3) is 6.71. The van der Waals surface area contributed by atoms with Crippen LogP contribution in [0, 0.1) is 13.8 Å². The maximum absolute atomic E-state index is 12.5. The van der Waals surface area contributed by atoms with Gasteiger partial charge in [0.1, 0.15) is 6.10 Å². The van der Waals surface area contributed by atoms with E-state index in [2.05, 4.69) is 42.3 Å². The van der Waals surface area contributed by atoms with Crippen molar-refractivity contribution >= 4 is 5.91 Å².